The summed E-state index contributed by atoms with van der Waals surface area (Å²) in [5.74, 6) is -3.66. The van der Waals surface area contributed by atoms with Gasteiger partial charge >= 0.3 is 11.9 Å². The summed E-state index contributed by atoms with van der Waals surface area (Å²) in [5, 5.41) is 26.1. The average molecular weight is 213 g/mol. The molecular formula is C10H15NO4. The molecule has 2 atom stereocenters. The zero-order chi connectivity index (χ0) is 12.0. The van der Waals surface area contributed by atoms with Crippen LogP contribution in [0.1, 0.15) is 26.7 Å². The quantitative estimate of drug-likeness (QED) is 0.693. The Balaban J connectivity index is 4.47. The van der Waals surface area contributed by atoms with Crippen molar-refractivity contribution in [2.24, 2.45) is 17.8 Å². The molecule has 5 nitrogen and oxygen atoms in total. The molecule has 0 fully saturated rings. The normalized spacial score (nSPS) is 14.3. The molecule has 0 aliphatic heterocycles. The molecule has 0 saturated carbocycles. The lowest BCUT2D eigenvalue weighted by Crippen LogP contribution is -2.22. The zero-order valence-electron chi connectivity index (χ0n) is 8.80. The second-order valence-electron chi connectivity index (χ2n) is 3.85. The summed E-state index contributed by atoms with van der Waals surface area (Å²) in [6, 6.07) is 2.00. The van der Waals surface area contributed by atoms with E-state index in [1.54, 1.807) is 0 Å². The van der Waals surface area contributed by atoms with Crippen LogP contribution in [0, 0.1) is 29.1 Å². The van der Waals surface area contributed by atoms with E-state index in [0.717, 1.165) is 0 Å². The molecule has 0 rings (SSSR count). The fourth-order valence-corrected chi connectivity index (χ4v) is 1.26. The van der Waals surface area contributed by atoms with Gasteiger partial charge in [-0.25, -0.2) is 0 Å². The van der Waals surface area contributed by atoms with E-state index < -0.39 is 30.2 Å². The number of carboxylic acids is 2. The number of nitrogens with zero attached hydrogens (tertiary/aromatic N) is 1. The van der Waals surface area contributed by atoms with E-state index in [2.05, 4.69) is 0 Å². The third-order valence-electron chi connectivity index (χ3n) is 2.28. The molecule has 0 aromatic carbocycles. The molecule has 84 valence electrons. The van der Waals surface area contributed by atoms with Gasteiger partial charge in [-0.1, -0.05) is 13.8 Å². The van der Waals surface area contributed by atoms with Crippen LogP contribution in [-0.4, -0.2) is 22.2 Å². The molecule has 2 unspecified atom stereocenters. The van der Waals surface area contributed by atoms with E-state index >= 15 is 0 Å². The first-order valence-electron chi connectivity index (χ1n) is 4.72. The van der Waals surface area contributed by atoms with Gasteiger partial charge in [0, 0.05) is 5.92 Å². The third-order valence-corrected chi connectivity index (χ3v) is 2.28. The minimum Gasteiger partial charge on any atom is -0.481 e. The SMILES string of the molecule is CC(C)C(C#N)CC(CC(=O)O)C(=O)O. The van der Waals surface area contributed by atoms with Gasteiger partial charge in [-0.2, -0.15) is 5.26 Å². The first kappa shape index (κ1) is 13.4. The standard InChI is InChI=1S/C10H15NO4/c1-6(2)8(5-11)3-7(10(14)15)4-9(12)13/h6-8H,3-4H2,1-2H3,(H,12,13)(H,14,15). The van der Waals surface area contributed by atoms with Gasteiger partial charge in [0.25, 0.3) is 0 Å². The molecule has 0 saturated heterocycles. The summed E-state index contributed by atoms with van der Waals surface area (Å²) in [7, 11) is 0. The fourth-order valence-electron chi connectivity index (χ4n) is 1.26. The predicted octanol–water partition coefficient (Wildman–Crippen LogP) is 1.35. The molecule has 5 heteroatoms. The Labute approximate surface area is 88.3 Å². The van der Waals surface area contributed by atoms with Gasteiger partial charge in [-0.3, -0.25) is 9.59 Å². The summed E-state index contributed by atoms with van der Waals surface area (Å²) in [6.45, 7) is 3.63. The van der Waals surface area contributed by atoms with Gasteiger partial charge in [0.2, 0.25) is 0 Å². The van der Waals surface area contributed by atoms with Gasteiger partial charge in [-0.05, 0) is 12.3 Å². The van der Waals surface area contributed by atoms with Gasteiger partial charge in [0.05, 0.1) is 18.4 Å². The highest BCUT2D eigenvalue weighted by Gasteiger charge is 2.26. The number of hydrogen-bond acceptors (Lipinski definition) is 3. The van der Waals surface area contributed by atoms with Crippen molar-refractivity contribution < 1.29 is 19.8 Å². The molecule has 15 heavy (non-hydrogen) atoms. The minimum absolute atomic E-state index is 0.0330. The molecule has 0 aliphatic rings. The average Bonchev–Trinajstić information content (AvgIpc) is 2.10. The topological polar surface area (TPSA) is 98.4 Å². The summed E-state index contributed by atoms with van der Waals surface area (Å²) >= 11 is 0. The van der Waals surface area contributed by atoms with Crippen molar-refractivity contribution >= 4 is 11.9 Å². The van der Waals surface area contributed by atoms with Crippen LogP contribution in [0.25, 0.3) is 0 Å². The Morgan fingerprint density at radius 1 is 1.33 bits per heavy atom. The first-order valence-corrected chi connectivity index (χ1v) is 4.72. The van der Waals surface area contributed by atoms with Gasteiger partial charge in [-0.15, -0.1) is 0 Å². The lowest BCUT2D eigenvalue weighted by Gasteiger charge is -2.16. The lowest BCUT2D eigenvalue weighted by atomic mass is 9.86. The highest BCUT2D eigenvalue weighted by atomic mass is 16.4. The number of rotatable bonds is 6. The number of aliphatic carboxylic acids is 2. The smallest absolute Gasteiger partial charge is 0.307 e. The molecule has 0 aliphatic carbocycles. The molecular weight excluding hydrogens is 198 g/mol. The zero-order valence-corrected chi connectivity index (χ0v) is 8.80. The molecule has 0 heterocycles. The second kappa shape index (κ2) is 6.02. The second-order valence-corrected chi connectivity index (χ2v) is 3.85. The fraction of sp³-hybridized carbons (Fsp3) is 0.700. The highest BCUT2D eigenvalue weighted by Crippen LogP contribution is 2.22. The Hall–Kier alpha value is -1.57. The minimum atomic E-state index is -1.15. The predicted molar refractivity (Wildman–Crippen MR) is 51.9 cm³/mol. The largest absolute Gasteiger partial charge is 0.481 e. The summed E-state index contributed by atoms with van der Waals surface area (Å²) in [4.78, 5) is 21.1. The van der Waals surface area contributed by atoms with E-state index in [4.69, 9.17) is 15.5 Å². The summed E-state index contributed by atoms with van der Waals surface area (Å²) < 4.78 is 0. The Kier molecular flexibility index (Phi) is 5.39. The van der Waals surface area contributed by atoms with Crippen molar-refractivity contribution in [3.05, 3.63) is 0 Å². The van der Waals surface area contributed by atoms with E-state index in [-0.39, 0.29) is 12.3 Å². The molecule has 0 bridgehead atoms. The van der Waals surface area contributed by atoms with Crippen molar-refractivity contribution in [1.29, 1.82) is 5.26 Å². The summed E-state index contributed by atoms with van der Waals surface area (Å²) in [5.41, 5.74) is 0. The van der Waals surface area contributed by atoms with Crippen LogP contribution in [-0.2, 0) is 9.59 Å². The number of carboxylic acid groups (broad SMARTS) is 2. The van der Waals surface area contributed by atoms with Crippen molar-refractivity contribution in [3.8, 4) is 6.07 Å². The first-order chi connectivity index (χ1) is 6.88. The molecule has 0 radical (unpaired) electrons. The van der Waals surface area contributed by atoms with Gasteiger partial charge < -0.3 is 10.2 Å². The van der Waals surface area contributed by atoms with Crippen molar-refractivity contribution in [2.45, 2.75) is 26.7 Å². The Morgan fingerprint density at radius 3 is 2.13 bits per heavy atom. The van der Waals surface area contributed by atoms with E-state index in [9.17, 15) is 9.59 Å². The van der Waals surface area contributed by atoms with E-state index in [1.165, 1.54) is 0 Å². The van der Waals surface area contributed by atoms with Crippen molar-refractivity contribution in [3.63, 3.8) is 0 Å². The van der Waals surface area contributed by atoms with E-state index in [1.807, 2.05) is 19.9 Å². The maximum atomic E-state index is 10.7. The number of nitriles is 1. The van der Waals surface area contributed by atoms with Crippen LogP contribution in [0.2, 0.25) is 0 Å². The summed E-state index contributed by atoms with van der Waals surface area (Å²) in [6.07, 6.45) is -0.337. The van der Waals surface area contributed by atoms with E-state index in [0.29, 0.717) is 0 Å². The van der Waals surface area contributed by atoms with Crippen LogP contribution in [0.4, 0.5) is 0 Å². The van der Waals surface area contributed by atoms with Gasteiger partial charge in [0.15, 0.2) is 0 Å². The molecule has 0 amide bonds. The third kappa shape index (κ3) is 5.01. The molecule has 0 spiro atoms. The van der Waals surface area contributed by atoms with Crippen LogP contribution in [0.3, 0.4) is 0 Å². The molecule has 0 aromatic rings. The van der Waals surface area contributed by atoms with Crippen LogP contribution in [0.5, 0.6) is 0 Å². The Bertz CT molecular complexity index is 280. The Morgan fingerprint density at radius 2 is 1.87 bits per heavy atom. The van der Waals surface area contributed by atoms with Crippen LogP contribution >= 0.6 is 0 Å². The van der Waals surface area contributed by atoms with Gasteiger partial charge in [0.1, 0.15) is 0 Å². The monoisotopic (exact) mass is 213 g/mol. The van der Waals surface area contributed by atoms with Crippen molar-refractivity contribution in [1.82, 2.24) is 0 Å². The molecule has 0 aromatic heterocycles. The number of carbonyl (C=O) groups is 2. The number of hydrogen-bond donors (Lipinski definition) is 2. The van der Waals surface area contributed by atoms with Crippen molar-refractivity contribution in [2.75, 3.05) is 0 Å². The molecule has 2 N–H and O–H groups in total. The maximum Gasteiger partial charge on any atom is 0.307 e. The van der Waals surface area contributed by atoms with Crippen LogP contribution < -0.4 is 0 Å². The van der Waals surface area contributed by atoms with Crippen LogP contribution in [0.15, 0.2) is 0 Å². The highest BCUT2D eigenvalue weighted by molar-refractivity contribution is 5.77. The lowest BCUT2D eigenvalue weighted by molar-refractivity contribution is -0.148. The maximum absolute atomic E-state index is 10.7.